The van der Waals surface area contributed by atoms with E-state index in [-0.39, 0.29) is 6.42 Å². The number of hydrogen-bond donors (Lipinski definition) is 2. The summed E-state index contributed by atoms with van der Waals surface area (Å²) in [6, 6.07) is -0.648. The van der Waals surface area contributed by atoms with Crippen LogP contribution in [0.4, 0.5) is 13.2 Å². The van der Waals surface area contributed by atoms with Crippen LogP contribution in [0, 0.1) is 0 Å². The summed E-state index contributed by atoms with van der Waals surface area (Å²) in [7, 11) is 1.45. The van der Waals surface area contributed by atoms with Crippen LogP contribution in [-0.4, -0.2) is 23.1 Å². The summed E-state index contributed by atoms with van der Waals surface area (Å²) in [5, 5.41) is 4.10. The average molecular weight is 280 g/mol. The summed E-state index contributed by atoms with van der Waals surface area (Å²) < 4.78 is 43.7. The highest BCUT2D eigenvalue weighted by Gasteiger charge is 2.30. The second kappa shape index (κ2) is 6.76. The summed E-state index contributed by atoms with van der Waals surface area (Å²) in [5.74, 6) is 5.81. The molecule has 0 saturated heterocycles. The molecule has 5 nitrogen and oxygen atoms in total. The van der Waals surface area contributed by atoms with Gasteiger partial charge >= 0.3 is 6.18 Å². The number of hydrogen-bond acceptors (Lipinski definition) is 4. The minimum atomic E-state index is -4.21. The smallest absolute Gasteiger partial charge is 0.389 e. The highest BCUT2D eigenvalue weighted by Crippen LogP contribution is 2.31. The molecule has 19 heavy (non-hydrogen) atoms. The minimum Gasteiger partial charge on any atom is -0.493 e. The van der Waals surface area contributed by atoms with E-state index in [0.29, 0.717) is 18.0 Å². The molecule has 0 aliphatic rings. The van der Waals surface area contributed by atoms with E-state index in [1.807, 2.05) is 6.92 Å². The molecule has 0 aromatic carbocycles. The van der Waals surface area contributed by atoms with E-state index in [4.69, 9.17) is 10.6 Å². The van der Waals surface area contributed by atoms with Crippen LogP contribution in [0.15, 0.2) is 6.20 Å². The molecule has 8 heteroatoms. The van der Waals surface area contributed by atoms with E-state index in [1.54, 1.807) is 4.68 Å². The van der Waals surface area contributed by atoms with Crippen molar-refractivity contribution in [3.8, 4) is 5.75 Å². The fourth-order valence-corrected chi connectivity index (χ4v) is 1.88. The van der Waals surface area contributed by atoms with Crippen LogP contribution in [0.2, 0.25) is 0 Å². The summed E-state index contributed by atoms with van der Waals surface area (Å²) >= 11 is 0. The quantitative estimate of drug-likeness (QED) is 0.593. The van der Waals surface area contributed by atoms with E-state index in [0.717, 1.165) is 6.42 Å². The first kappa shape index (κ1) is 15.8. The van der Waals surface area contributed by atoms with Crippen molar-refractivity contribution in [2.45, 2.75) is 44.9 Å². The molecule has 1 aromatic rings. The maximum Gasteiger partial charge on any atom is 0.389 e. The molecule has 1 aromatic heterocycles. The number of rotatable bonds is 7. The molecule has 110 valence electrons. The number of alkyl halides is 3. The third kappa shape index (κ3) is 4.39. The number of aromatic nitrogens is 2. The van der Waals surface area contributed by atoms with Crippen molar-refractivity contribution in [3.63, 3.8) is 0 Å². The Morgan fingerprint density at radius 1 is 1.53 bits per heavy atom. The Labute approximate surface area is 109 Å². The van der Waals surface area contributed by atoms with E-state index in [9.17, 15) is 13.2 Å². The zero-order valence-corrected chi connectivity index (χ0v) is 11.0. The molecule has 0 aliphatic heterocycles. The van der Waals surface area contributed by atoms with Crippen molar-refractivity contribution >= 4 is 0 Å². The molecule has 0 amide bonds. The Morgan fingerprint density at radius 2 is 2.21 bits per heavy atom. The molecular formula is C11H19F3N4O. The van der Waals surface area contributed by atoms with Crippen molar-refractivity contribution in [2.24, 2.45) is 5.84 Å². The molecule has 0 fully saturated rings. The van der Waals surface area contributed by atoms with Gasteiger partial charge in [0.05, 0.1) is 25.0 Å². The molecule has 3 N–H and O–H groups in total. The lowest BCUT2D eigenvalue weighted by molar-refractivity contribution is -0.136. The number of nitrogens with zero attached hydrogens (tertiary/aromatic N) is 2. The van der Waals surface area contributed by atoms with Gasteiger partial charge in [-0.1, -0.05) is 6.92 Å². The molecule has 0 saturated carbocycles. The second-order valence-corrected chi connectivity index (χ2v) is 4.19. The summed E-state index contributed by atoms with van der Waals surface area (Å²) in [4.78, 5) is 0. The van der Waals surface area contributed by atoms with Gasteiger partial charge in [-0.15, -0.1) is 0 Å². The van der Waals surface area contributed by atoms with E-state index in [1.165, 1.54) is 13.3 Å². The summed E-state index contributed by atoms with van der Waals surface area (Å²) in [6.45, 7) is 2.56. The third-order valence-electron chi connectivity index (χ3n) is 2.75. The van der Waals surface area contributed by atoms with Crippen LogP contribution in [0.5, 0.6) is 5.75 Å². The van der Waals surface area contributed by atoms with Crippen LogP contribution in [0.25, 0.3) is 0 Å². The Hall–Kier alpha value is -1.28. The number of ether oxygens (including phenoxy) is 1. The maximum atomic E-state index is 12.3. The summed E-state index contributed by atoms with van der Waals surface area (Å²) in [6.07, 6.45) is -2.98. The normalized spacial score (nSPS) is 13.6. The predicted molar refractivity (Wildman–Crippen MR) is 64.4 cm³/mol. The first-order valence-corrected chi connectivity index (χ1v) is 6.05. The van der Waals surface area contributed by atoms with Gasteiger partial charge in [-0.05, 0) is 12.8 Å². The van der Waals surface area contributed by atoms with Crippen molar-refractivity contribution in [2.75, 3.05) is 7.11 Å². The van der Waals surface area contributed by atoms with Crippen molar-refractivity contribution in [1.82, 2.24) is 15.2 Å². The number of nitrogens with two attached hydrogens (primary N) is 1. The van der Waals surface area contributed by atoms with Crippen LogP contribution >= 0.6 is 0 Å². The fourth-order valence-electron chi connectivity index (χ4n) is 1.88. The maximum absolute atomic E-state index is 12.3. The monoisotopic (exact) mass is 280 g/mol. The first-order valence-electron chi connectivity index (χ1n) is 6.05. The van der Waals surface area contributed by atoms with Crippen molar-refractivity contribution in [1.29, 1.82) is 0 Å². The van der Waals surface area contributed by atoms with Crippen LogP contribution in [0.3, 0.4) is 0 Å². The highest BCUT2D eigenvalue weighted by atomic mass is 19.4. The third-order valence-corrected chi connectivity index (χ3v) is 2.75. The average Bonchev–Trinajstić information content (AvgIpc) is 2.73. The van der Waals surface area contributed by atoms with Gasteiger partial charge in [0, 0.05) is 13.0 Å². The second-order valence-electron chi connectivity index (χ2n) is 4.19. The van der Waals surface area contributed by atoms with Crippen molar-refractivity contribution < 1.29 is 17.9 Å². The Kier molecular flexibility index (Phi) is 5.61. The number of halogens is 3. The number of nitrogens with one attached hydrogen (secondary N) is 1. The van der Waals surface area contributed by atoms with Gasteiger partial charge in [0.1, 0.15) is 0 Å². The highest BCUT2D eigenvalue weighted by molar-refractivity contribution is 5.28. The van der Waals surface area contributed by atoms with Gasteiger partial charge in [0.25, 0.3) is 0 Å². The van der Waals surface area contributed by atoms with Crippen LogP contribution in [-0.2, 0) is 6.54 Å². The van der Waals surface area contributed by atoms with Gasteiger partial charge in [0.15, 0.2) is 5.75 Å². The van der Waals surface area contributed by atoms with Crippen LogP contribution < -0.4 is 16.0 Å². The molecular weight excluding hydrogens is 261 g/mol. The number of aryl methyl sites for hydroxylation is 1. The molecule has 0 spiro atoms. The van der Waals surface area contributed by atoms with Gasteiger partial charge in [0.2, 0.25) is 0 Å². The minimum absolute atomic E-state index is 0.161. The topological polar surface area (TPSA) is 65.1 Å². The van der Waals surface area contributed by atoms with Crippen LogP contribution in [0.1, 0.15) is 37.9 Å². The standard InChI is InChI=1S/C11H19F3N4O/c1-3-6-18-10(9(19-2)7-16-18)8(17-15)4-5-11(12,13)14/h7-8,17H,3-6,15H2,1-2H3. The number of methoxy groups -OCH3 is 1. The molecule has 1 heterocycles. The van der Waals surface area contributed by atoms with Gasteiger partial charge in [-0.25, -0.2) is 0 Å². The molecule has 0 aliphatic carbocycles. The molecule has 1 atom stereocenters. The Bertz CT molecular complexity index is 392. The lowest BCUT2D eigenvalue weighted by Gasteiger charge is -2.19. The van der Waals surface area contributed by atoms with Gasteiger partial charge in [-0.3, -0.25) is 16.0 Å². The fraction of sp³-hybridized carbons (Fsp3) is 0.727. The predicted octanol–water partition coefficient (Wildman–Crippen LogP) is 2.15. The number of hydrazine groups is 1. The molecule has 1 rings (SSSR count). The zero-order chi connectivity index (χ0) is 14.5. The lowest BCUT2D eigenvalue weighted by atomic mass is 10.1. The van der Waals surface area contributed by atoms with E-state index >= 15 is 0 Å². The Morgan fingerprint density at radius 3 is 2.68 bits per heavy atom. The first-order chi connectivity index (χ1) is 8.92. The lowest BCUT2D eigenvalue weighted by Crippen LogP contribution is -2.31. The van der Waals surface area contributed by atoms with E-state index in [2.05, 4.69) is 10.5 Å². The van der Waals surface area contributed by atoms with Gasteiger partial charge in [-0.2, -0.15) is 18.3 Å². The molecule has 0 radical (unpaired) electrons. The largest absolute Gasteiger partial charge is 0.493 e. The van der Waals surface area contributed by atoms with Gasteiger partial charge < -0.3 is 4.74 Å². The van der Waals surface area contributed by atoms with E-state index < -0.39 is 18.6 Å². The summed E-state index contributed by atoms with van der Waals surface area (Å²) in [5.41, 5.74) is 2.96. The molecule has 0 bridgehead atoms. The SMILES string of the molecule is CCCn1ncc(OC)c1C(CCC(F)(F)F)NN. The van der Waals surface area contributed by atoms with Crippen molar-refractivity contribution in [3.05, 3.63) is 11.9 Å². The molecule has 1 unspecified atom stereocenters. The Balaban J connectivity index is 2.92. The zero-order valence-electron chi connectivity index (χ0n) is 11.0.